The van der Waals surface area contributed by atoms with E-state index in [1.165, 1.54) is 12.1 Å². The van der Waals surface area contributed by atoms with Gasteiger partial charge in [-0.2, -0.15) is 0 Å². The lowest BCUT2D eigenvalue weighted by Crippen LogP contribution is -2.21. The molecular weight excluding hydrogens is 512 g/mol. The molecule has 2 aromatic rings. The molecule has 37 heavy (non-hydrogen) atoms. The number of allylic oxidation sites excluding steroid dienone is 5. The Hall–Kier alpha value is -3.34. The molecule has 8 nitrogen and oxygen atoms in total. The van der Waals surface area contributed by atoms with E-state index in [1.807, 2.05) is 6.07 Å². The third kappa shape index (κ3) is 8.34. The van der Waals surface area contributed by atoms with Crippen LogP contribution in [0, 0.1) is 0 Å². The van der Waals surface area contributed by atoms with Gasteiger partial charge in [0.1, 0.15) is 23.2 Å². The van der Waals surface area contributed by atoms with Crippen LogP contribution < -0.4 is 4.90 Å². The number of hydrogen-bond donors (Lipinski definition) is 0. The van der Waals surface area contributed by atoms with Crippen molar-refractivity contribution in [3.8, 4) is 0 Å². The molecule has 0 N–H and O–H groups in total. The van der Waals surface area contributed by atoms with Gasteiger partial charge in [-0.05, 0) is 86.4 Å². The van der Waals surface area contributed by atoms with E-state index in [-0.39, 0.29) is 4.90 Å². The molecule has 0 aliphatic heterocycles. The van der Waals surface area contributed by atoms with E-state index in [1.54, 1.807) is 6.07 Å². The average Bonchev–Trinajstić information content (AvgIpc) is 2.87. The Balaban J connectivity index is 0.00000112. The molecule has 0 bridgehead atoms. The first-order valence-corrected chi connectivity index (χ1v) is 14.4. The van der Waals surface area contributed by atoms with E-state index in [4.69, 9.17) is 12.6 Å². The smallest absolute Gasteiger partial charge is 0.425 e. The number of anilines is 1. The van der Waals surface area contributed by atoms with Crippen LogP contribution in [0.25, 0.3) is 5.57 Å². The number of rotatable bonds is 8. The summed E-state index contributed by atoms with van der Waals surface area (Å²) in [5.41, 5.74) is 5.77. The molecule has 0 spiro atoms. The molecular formula is C27H32N2O6S2. The Labute approximate surface area is 220 Å². The molecule has 0 heterocycles. The fourth-order valence-corrected chi connectivity index (χ4v) is 4.68. The monoisotopic (exact) mass is 544 g/mol. The van der Waals surface area contributed by atoms with Crippen LogP contribution in [0.4, 0.5) is 5.69 Å². The highest BCUT2D eigenvalue weighted by Gasteiger charge is 2.16. The number of nitrogens with zero attached hydrogens (tertiary/aromatic N) is 2. The average molecular weight is 545 g/mol. The summed E-state index contributed by atoms with van der Waals surface area (Å²) in [6, 6.07) is 14.6. The summed E-state index contributed by atoms with van der Waals surface area (Å²) >= 11 is 0. The van der Waals surface area contributed by atoms with Gasteiger partial charge in [-0.1, -0.05) is 24.3 Å². The van der Waals surface area contributed by atoms with Gasteiger partial charge in [0.15, 0.2) is 5.71 Å². The second kappa shape index (κ2) is 13.8. The number of hydrogen-bond acceptors (Lipinski definition) is 7. The first-order chi connectivity index (χ1) is 17.5. The molecule has 0 saturated heterocycles. The van der Waals surface area contributed by atoms with Crippen LogP contribution >= 0.6 is 0 Å². The van der Waals surface area contributed by atoms with Crippen molar-refractivity contribution in [2.24, 2.45) is 0 Å². The fraction of sp³-hybridized carbons (Fsp3) is 0.296. The van der Waals surface area contributed by atoms with Gasteiger partial charge in [-0.25, -0.2) is 13.0 Å². The summed E-state index contributed by atoms with van der Waals surface area (Å²) in [5, 5.41) is 0. The minimum absolute atomic E-state index is 0.225. The van der Waals surface area contributed by atoms with Crippen molar-refractivity contribution in [2.75, 3.05) is 31.1 Å². The maximum Gasteiger partial charge on any atom is 0.425 e. The summed E-state index contributed by atoms with van der Waals surface area (Å²) in [4.78, 5) is 2.05. The quantitative estimate of drug-likeness (QED) is 0.366. The lowest BCUT2D eigenvalue weighted by atomic mass is 9.90. The molecule has 0 fully saturated rings. The molecule has 0 amide bonds. The van der Waals surface area contributed by atoms with E-state index in [9.17, 15) is 13.0 Å². The molecule has 0 radical (unpaired) electrons. The van der Waals surface area contributed by atoms with E-state index in [2.05, 4.69) is 85.7 Å². The first kappa shape index (κ1) is 29.9. The maximum absolute atomic E-state index is 11.7. The van der Waals surface area contributed by atoms with Gasteiger partial charge in [-0.15, -0.1) is 12.6 Å². The van der Waals surface area contributed by atoms with Crippen LogP contribution in [-0.2, 0) is 20.7 Å². The Kier molecular flexibility index (Phi) is 11.2. The maximum atomic E-state index is 11.7. The zero-order valence-corrected chi connectivity index (χ0v) is 23.1. The fourth-order valence-electron chi connectivity index (χ4n) is 4.16. The van der Waals surface area contributed by atoms with Gasteiger partial charge in [0.05, 0.1) is 4.90 Å². The third-order valence-electron chi connectivity index (χ3n) is 5.98. The highest BCUT2D eigenvalue weighted by Crippen LogP contribution is 2.32. The van der Waals surface area contributed by atoms with Gasteiger partial charge in [0.25, 0.3) is 0 Å². The molecule has 0 atom stereocenters. The first-order valence-electron chi connectivity index (χ1n) is 12.0. The minimum atomic E-state index is -4.55. The van der Waals surface area contributed by atoms with Crippen LogP contribution in [0.3, 0.4) is 0 Å². The SMILES string of the molecule is CCN(CC)c1ccc(C(=C2C=CC(=[N+](CC)CC)C=C2)c2cccc(S(=O)(=O)[O-])c2)cc1.O=S(=O)=O. The van der Waals surface area contributed by atoms with Gasteiger partial charge in [-0.3, -0.25) is 0 Å². The minimum Gasteiger partial charge on any atom is -0.744 e. The van der Waals surface area contributed by atoms with E-state index in [0.29, 0.717) is 5.56 Å². The molecule has 1 aliphatic rings. The summed E-state index contributed by atoms with van der Waals surface area (Å²) in [6.07, 6.45) is 8.28. The van der Waals surface area contributed by atoms with Crippen molar-refractivity contribution in [1.82, 2.24) is 0 Å². The second-order valence-electron chi connectivity index (χ2n) is 8.00. The van der Waals surface area contributed by atoms with Crippen LogP contribution in [-0.4, -0.2) is 62.1 Å². The predicted molar refractivity (Wildman–Crippen MR) is 145 cm³/mol. The molecule has 198 valence electrons. The van der Waals surface area contributed by atoms with Crippen molar-refractivity contribution >= 4 is 37.7 Å². The molecule has 0 unspecified atom stereocenters. The van der Waals surface area contributed by atoms with Crippen molar-refractivity contribution in [3.63, 3.8) is 0 Å². The van der Waals surface area contributed by atoms with Gasteiger partial charge < -0.3 is 9.45 Å². The molecule has 10 heteroatoms. The Morgan fingerprint density at radius 1 is 0.838 bits per heavy atom. The standard InChI is InChI=1S/C27H32N2O3S.O3S/c1-5-28(6-2)24-16-12-21(13-17-24)27(23-10-9-11-26(20-23)33(30,31)32)22-14-18-25(19-15-22)29(7-3)8-4;1-4(2)3/h9-20H,5-8H2,1-4H3;. The van der Waals surface area contributed by atoms with Gasteiger partial charge in [0.2, 0.25) is 0 Å². The highest BCUT2D eigenvalue weighted by molar-refractivity contribution is 7.85. The summed E-state index contributed by atoms with van der Waals surface area (Å²) in [6.45, 7) is 12.2. The van der Waals surface area contributed by atoms with Crippen molar-refractivity contribution in [2.45, 2.75) is 32.6 Å². The van der Waals surface area contributed by atoms with Crippen molar-refractivity contribution in [1.29, 1.82) is 0 Å². The topological polar surface area (TPSA) is 115 Å². The number of benzene rings is 2. The summed E-state index contributed by atoms with van der Waals surface area (Å²) in [7, 11) is -7.66. The van der Waals surface area contributed by atoms with Crippen molar-refractivity contribution < 1.29 is 30.2 Å². The Bertz CT molecular complexity index is 1400. The Morgan fingerprint density at radius 2 is 1.38 bits per heavy atom. The largest absolute Gasteiger partial charge is 0.744 e. The van der Waals surface area contributed by atoms with Crippen molar-refractivity contribution in [3.05, 3.63) is 89.5 Å². The summed E-state index contributed by atoms with van der Waals surface area (Å²) in [5.74, 6) is 0. The molecule has 0 aromatic heterocycles. The van der Waals surface area contributed by atoms with E-state index in [0.717, 1.165) is 54.3 Å². The summed E-state index contributed by atoms with van der Waals surface area (Å²) < 4.78 is 62.6. The van der Waals surface area contributed by atoms with Crippen LogP contribution in [0.1, 0.15) is 38.8 Å². The van der Waals surface area contributed by atoms with Crippen LogP contribution in [0.2, 0.25) is 0 Å². The zero-order valence-electron chi connectivity index (χ0n) is 21.4. The molecule has 2 aromatic carbocycles. The normalized spacial score (nSPS) is 12.6. The van der Waals surface area contributed by atoms with E-state index < -0.39 is 20.7 Å². The highest BCUT2D eigenvalue weighted by atomic mass is 32.2. The lowest BCUT2D eigenvalue weighted by molar-refractivity contribution is -0.519. The Morgan fingerprint density at radius 3 is 1.84 bits per heavy atom. The van der Waals surface area contributed by atoms with E-state index >= 15 is 0 Å². The zero-order chi connectivity index (χ0) is 27.6. The predicted octanol–water partition coefficient (Wildman–Crippen LogP) is 3.85. The van der Waals surface area contributed by atoms with Gasteiger partial charge >= 0.3 is 10.6 Å². The molecule has 0 saturated carbocycles. The van der Waals surface area contributed by atoms with Gasteiger partial charge in [0, 0.05) is 30.9 Å². The third-order valence-corrected chi connectivity index (χ3v) is 6.81. The van der Waals surface area contributed by atoms with Crippen LogP contribution in [0.15, 0.2) is 83.3 Å². The molecule has 1 aliphatic carbocycles. The molecule has 3 rings (SSSR count). The lowest BCUT2D eigenvalue weighted by Gasteiger charge is -2.22. The second-order valence-corrected chi connectivity index (χ2v) is 9.79. The van der Waals surface area contributed by atoms with Crippen LogP contribution in [0.5, 0.6) is 0 Å².